The van der Waals surface area contributed by atoms with Crippen molar-refractivity contribution >= 4 is 11.8 Å². The summed E-state index contributed by atoms with van der Waals surface area (Å²) in [5.41, 5.74) is -1.43. The van der Waals surface area contributed by atoms with Crippen molar-refractivity contribution < 1.29 is 27.5 Å². The van der Waals surface area contributed by atoms with Crippen molar-refractivity contribution in [3.05, 3.63) is 62.8 Å². The van der Waals surface area contributed by atoms with Gasteiger partial charge < -0.3 is 19.5 Å². The van der Waals surface area contributed by atoms with Crippen molar-refractivity contribution in [2.45, 2.75) is 71.0 Å². The molecule has 0 aliphatic carbocycles. The second-order valence-corrected chi connectivity index (χ2v) is 9.29. The molecule has 7 nitrogen and oxygen atoms in total. The molecule has 36 heavy (non-hydrogen) atoms. The van der Waals surface area contributed by atoms with Crippen LogP contribution < -0.4 is 15.5 Å². The van der Waals surface area contributed by atoms with Crippen LogP contribution in [0.15, 0.2) is 23.1 Å². The molecule has 1 saturated heterocycles. The van der Waals surface area contributed by atoms with Gasteiger partial charge in [-0.05, 0) is 32.1 Å². The van der Waals surface area contributed by atoms with E-state index in [0.717, 1.165) is 32.1 Å². The fourth-order valence-corrected chi connectivity index (χ4v) is 4.97. The minimum atomic E-state index is -1.15. The van der Waals surface area contributed by atoms with Gasteiger partial charge in [-0.3, -0.25) is 14.4 Å². The van der Waals surface area contributed by atoms with Crippen LogP contribution in [0.5, 0.6) is 5.75 Å². The Morgan fingerprint density at radius 3 is 2.53 bits per heavy atom. The first-order chi connectivity index (χ1) is 17.3. The van der Waals surface area contributed by atoms with Gasteiger partial charge in [0.05, 0.1) is 12.6 Å². The topological polar surface area (TPSA) is 80.6 Å². The Morgan fingerprint density at radius 2 is 1.86 bits per heavy atom. The summed E-state index contributed by atoms with van der Waals surface area (Å²) in [4.78, 5) is 41.7. The summed E-state index contributed by atoms with van der Waals surface area (Å²) in [6.45, 7) is 4.07. The van der Waals surface area contributed by atoms with Crippen molar-refractivity contribution in [3.63, 3.8) is 0 Å². The minimum absolute atomic E-state index is 0.0679. The monoisotopic (exact) mass is 505 g/mol. The van der Waals surface area contributed by atoms with E-state index in [9.17, 15) is 27.6 Å². The third kappa shape index (κ3) is 4.85. The summed E-state index contributed by atoms with van der Waals surface area (Å²) in [5, 5.41) is 2.35. The number of carbonyl (C=O) groups excluding carboxylic acids is 2. The van der Waals surface area contributed by atoms with E-state index < -0.39 is 40.9 Å². The van der Waals surface area contributed by atoms with E-state index in [-0.39, 0.29) is 41.6 Å². The van der Waals surface area contributed by atoms with Crippen LogP contribution in [-0.2, 0) is 6.54 Å². The molecule has 0 spiro atoms. The van der Waals surface area contributed by atoms with E-state index >= 15 is 0 Å². The van der Waals surface area contributed by atoms with Crippen LogP contribution in [0.4, 0.5) is 13.2 Å². The summed E-state index contributed by atoms with van der Waals surface area (Å²) in [6.07, 6.45) is 6.10. The number of benzene rings is 1. The highest BCUT2D eigenvalue weighted by Crippen LogP contribution is 2.35. The van der Waals surface area contributed by atoms with Gasteiger partial charge in [0, 0.05) is 43.0 Å². The van der Waals surface area contributed by atoms with Crippen molar-refractivity contribution in [1.82, 2.24) is 14.8 Å². The average Bonchev–Trinajstić information content (AvgIpc) is 3.03. The lowest BCUT2D eigenvalue weighted by atomic mass is 10.1. The van der Waals surface area contributed by atoms with Gasteiger partial charge in [-0.2, -0.15) is 0 Å². The van der Waals surface area contributed by atoms with E-state index in [4.69, 9.17) is 4.74 Å². The second-order valence-electron chi connectivity index (χ2n) is 9.29. The number of hydrogen-bond donors (Lipinski definition) is 1. The van der Waals surface area contributed by atoms with Crippen molar-refractivity contribution in [2.75, 3.05) is 13.2 Å². The molecule has 1 fully saturated rings. The van der Waals surface area contributed by atoms with Crippen LogP contribution in [0.3, 0.4) is 0 Å². The number of fused-ring (bicyclic) bond motifs is 4. The lowest BCUT2D eigenvalue weighted by Gasteiger charge is -2.38. The molecule has 4 rings (SSSR count). The number of aromatic nitrogens is 1. The first-order valence-corrected chi connectivity index (χ1v) is 12.4. The lowest BCUT2D eigenvalue weighted by Crippen LogP contribution is -2.48. The molecule has 0 unspecified atom stereocenters. The van der Waals surface area contributed by atoms with E-state index in [1.807, 2.05) is 13.8 Å². The zero-order chi connectivity index (χ0) is 26.0. The Balaban J connectivity index is 1.73. The minimum Gasteiger partial charge on any atom is -0.487 e. The van der Waals surface area contributed by atoms with Gasteiger partial charge in [0.2, 0.25) is 5.43 Å². The summed E-state index contributed by atoms with van der Waals surface area (Å²) in [6, 6.07) is 0.968. The number of hydrogen-bond acceptors (Lipinski definition) is 4. The number of nitrogens with one attached hydrogen (secondary N) is 1. The van der Waals surface area contributed by atoms with Gasteiger partial charge in [-0.1, -0.05) is 20.3 Å². The molecule has 3 heterocycles. The number of amides is 2. The number of ether oxygens (including phenoxy) is 1. The number of pyridine rings is 1. The number of unbranched alkanes of at least 4 members (excludes halogenated alkanes) is 1. The van der Waals surface area contributed by atoms with E-state index in [1.165, 1.54) is 6.20 Å². The number of halogens is 3. The molecule has 194 valence electrons. The fraction of sp³-hybridized carbons (Fsp3) is 0.500. The average molecular weight is 506 g/mol. The van der Waals surface area contributed by atoms with Crippen LogP contribution in [0.25, 0.3) is 0 Å². The van der Waals surface area contributed by atoms with Crippen LogP contribution in [0.1, 0.15) is 84.8 Å². The normalized spacial score (nSPS) is 19.0. The largest absolute Gasteiger partial charge is 0.487 e. The van der Waals surface area contributed by atoms with Gasteiger partial charge in [0.15, 0.2) is 11.4 Å². The molecule has 1 aromatic carbocycles. The Bertz CT molecular complexity index is 1210. The SMILES string of the molecule is CCCCOc1c2n(cc(C(=O)NCc3c(F)cc(F)cc3F)c1=O)[C@H]1CCC[C@H](CC)N(C1)C2=O. The molecule has 0 radical (unpaired) electrons. The van der Waals surface area contributed by atoms with Gasteiger partial charge in [-0.25, -0.2) is 13.2 Å². The quantitative estimate of drug-likeness (QED) is 0.542. The molecule has 2 atom stereocenters. The third-order valence-corrected chi connectivity index (χ3v) is 6.96. The zero-order valence-electron chi connectivity index (χ0n) is 20.4. The van der Waals surface area contributed by atoms with Crippen molar-refractivity contribution in [1.29, 1.82) is 0 Å². The highest BCUT2D eigenvalue weighted by molar-refractivity contribution is 5.99. The molecule has 1 N–H and O–H groups in total. The molecule has 2 aromatic rings. The molecule has 2 amide bonds. The van der Waals surface area contributed by atoms with Gasteiger partial charge >= 0.3 is 0 Å². The number of nitrogens with zero attached hydrogens (tertiary/aromatic N) is 2. The predicted molar refractivity (Wildman–Crippen MR) is 127 cm³/mol. The molecular weight excluding hydrogens is 475 g/mol. The molecule has 1 aromatic heterocycles. The maximum Gasteiger partial charge on any atom is 0.274 e. The molecule has 0 saturated carbocycles. The first-order valence-electron chi connectivity index (χ1n) is 12.4. The van der Waals surface area contributed by atoms with Crippen molar-refractivity contribution in [3.8, 4) is 5.75 Å². The summed E-state index contributed by atoms with van der Waals surface area (Å²) in [7, 11) is 0. The van der Waals surface area contributed by atoms with Gasteiger partial charge in [-0.15, -0.1) is 0 Å². The summed E-state index contributed by atoms with van der Waals surface area (Å²) >= 11 is 0. The second kappa shape index (κ2) is 10.8. The highest BCUT2D eigenvalue weighted by atomic mass is 19.1. The van der Waals surface area contributed by atoms with E-state index in [0.29, 0.717) is 25.1 Å². The molecule has 10 heteroatoms. The lowest BCUT2D eigenvalue weighted by molar-refractivity contribution is 0.0580. The summed E-state index contributed by atoms with van der Waals surface area (Å²) < 4.78 is 48.7. The Labute approximate surface area is 207 Å². The smallest absolute Gasteiger partial charge is 0.274 e. The Morgan fingerprint density at radius 1 is 1.14 bits per heavy atom. The van der Waals surface area contributed by atoms with Gasteiger partial charge in [0.25, 0.3) is 11.8 Å². The fourth-order valence-electron chi connectivity index (χ4n) is 4.97. The molecule has 2 aliphatic rings. The van der Waals surface area contributed by atoms with Crippen LogP contribution >= 0.6 is 0 Å². The number of carbonyl (C=O) groups is 2. The molecule has 2 bridgehead atoms. The molecule has 2 aliphatic heterocycles. The summed E-state index contributed by atoms with van der Waals surface area (Å²) in [5.74, 6) is -4.71. The zero-order valence-corrected chi connectivity index (χ0v) is 20.4. The van der Waals surface area contributed by atoms with E-state index in [2.05, 4.69) is 5.32 Å². The first kappa shape index (κ1) is 25.8. The standard InChI is InChI=1S/C26H30F3N3O4/c1-3-5-9-36-24-22-26(35)32-13-17(8-6-7-16(32)4-2)31(22)14-19(23(24)33)25(34)30-12-18-20(28)10-15(27)11-21(18)29/h10-11,14,16-17H,3-9,12-13H2,1-2H3,(H,30,34)/t16-,17-/m0/s1. The van der Waals surface area contributed by atoms with E-state index in [1.54, 1.807) is 9.47 Å². The van der Waals surface area contributed by atoms with Gasteiger partial charge in [0.1, 0.15) is 23.0 Å². The highest BCUT2D eigenvalue weighted by Gasteiger charge is 2.40. The molecular formula is C26H30F3N3O4. The maximum atomic E-state index is 14.0. The Kier molecular flexibility index (Phi) is 7.70. The number of rotatable bonds is 8. The maximum absolute atomic E-state index is 14.0. The third-order valence-electron chi connectivity index (χ3n) is 6.96. The van der Waals surface area contributed by atoms with Crippen LogP contribution in [0.2, 0.25) is 0 Å². The van der Waals surface area contributed by atoms with Crippen LogP contribution in [0, 0.1) is 17.5 Å². The Hall–Kier alpha value is -3.30. The van der Waals surface area contributed by atoms with Crippen LogP contribution in [-0.4, -0.2) is 40.5 Å². The predicted octanol–water partition coefficient (Wildman–Crippen LogP) is 4.33. The van der Waals surface area contributed by atoms with Crippen molar-refractivity contribution in [2.24, 2.45) is 0 Å².